The zero-order valence-corrected chi connectivity index (χ0v) is 14.2. The second-order valence-corrected chi connectivity index (χ2v) is 6.24. The zero-order valence-electron chi connectivity index (χ0n) is 13.4. The van der Waals surface area contributed by atoms with Crippen LogP contribution in [0.25, 0.3) is 0 Å². The third kappa shape index (κ3) is 3.32. The SMILES string of the molecule is Cc1noc(Cl)c1CCC(=O)NC(C)(C)c1c(C)noc1C. The second kappa shape index (κ2) is 6.12. The maximum atomic E-state index is 12.2. The van der Waals surface area contributed by atoms with Crippen molar-refractivity contribution in [2.45, 2.75) is 53.0 Å². The molecular formula is C15H20ClN3O3. The van der Waals surface area contributed by atoms with Gasteiger partial charge in [-0.15, -0.1) is 0 Å². The van der Waals surface area contributed by atoms with Crippen LogP contribution in [0.1, 0.15) is 48.5 Å². The Balaban J connectivity index is 2.03. The van der Waals surface area contributed by atoms with Crippen molar-refractivity contribution >= 4 is 17.5 Å². The van der Waals surface area contributed by atoms with Crippen LogP contribution in [0, 0.1) is 20.8 Å². The van der Waals surface area contributed by atoms with E-state index in [4.69, 9.17) is 20.6 Å². The van der Waals surface area contributed by atoms with Crippen molar-refractivity contribution in [3.8, 4) is 0 Å². The molecule has 1 amide bonds. The largest absolute Gasteiger partial charge is 0.361 e. The monoisotopic (exact) mass is 325 g/mol. The van der Waals surface area contributed by atoms with E-state index in [1.165, 1.54) is 0 Å². The first-order chi connectivity index (χ1) is 10.2. The van der Waals surface area contributed by atoms with Gasteiger partial charge in [-0.2, -0.15) is 0 Å². The molecule has 2 heterocycles. The van der Waals surface area contributed by atoms with Gasteiger partial charge in [0.15, 0.2) is 0 Å². The molecule has 2 aromatic heterocycles. The number of carbonyl (C=O) groups excluding carboxylic acids is 1. The minimum absolute atomic E-state index is 0.0818. The predicted molar refractivity (Wildman–Crippen MR) is 81.7 cm³/mol. The molecule has 0 fully saturated rings. The van der Waals surface area contributed by atoms with Crippen LogP contribution in [0.15, 0.2) is 9.05 Å². The molecule has 0 atom stereocenters. The van der Waals surface area contributed by atoms with Gasteiger partial charge in [0, 0.05) is 17.5 Å². The molecule has 0 unspecified atom stereocenters. The summed E-state index contributed by atoms with van der Waals surface area (Å²) in [6.07, 6.45) is 0.784. The zero-order chi connectivity index (χ0) is 16.5. The fourth-order valence-corrected chi connectivity index (χ4v) is 2.99. The van der Waals surface area contributed by atoms with Crippen molar-refractivity contribution in [3.05, 3.63) is 33.5 Å². The van der Waals surface area contributed by atoms with Crippen LogP contribution in [-0.2, 0) is 16.8 Å². The highest BCUT2D eigenvalue weighted by atomic mass is 35.5. The Morgan fingerprint density at radius 1 is 1.18 bits per heavy atom. The van der Waals surface area contributed by atoms with Crippen molar-refractivity contribution in [2.75, 3.05) is 0 Å². The van der Waals surface area contributed by atoms with Crippen LogP contribution >= 0.6 is 11.6 Å². The van der Waals surface area contributed by atoms with Gasteiger partial charge >= 0.3 is 0 Å². The Hall–Kier alpha value is -1.82. The summed E-state index contributed by atoms with van der Waals surface area (Å²) in [5.41, 5.74) is 2.61. The van der Waals surface area contributed by atoms with Crippen molar-refractivity contribution in [2.24, 2.45) is 0 Å². The van der Waals surface area contributed by atoms with E-state index in [2.05, 4.69) is 15.6 Å². The lowest BCUT2D eigenvalue weighted by Crippen LogP contribution is -2.41. The fourth-order valence-electron chi connectivity index (χ4n) is 2.73. The first-order valence-corrected chi connectivity index (χ1v) is 7.45. The Morgan fingerprint density at radius 2 is 1.82 bits per heavy atom. The molecule has 0 radical (unpaired) electrons. The standard InChI is InChI=1S/C15H20ClN3O3/c1-8-11(14(16)22-18-8)6-7-12(20)17-15(4,5)13-9(2)19-21-10(13)3/h6-7H2,1-5H3,(H,17,20). The van der Waals surface area contributed by atoms with Gasteiger partial charge in [0.25, 0.3) is 0 Å². The average molecular weight is 326 g/mol. The van der Waals surface area contributed by atoms with Gasteiger partial charge in [0.2, 0.25) is 11.1 Å². The summed E-state index contributed by atoms with van der Waals surface area (Å²) in [6.45, 7) is 9.35. The number of nitrogens with one attached hydrogen (secondary N) is 1. The molecule has 2 aromatic rings. The molecule has 0 aliphatic heterocycles. The Labute approximate surface area is 134 Å². The molecule has 0 aromatic carbocycles. The predicted octanol–water partition coefficient (Wildman–Crippen LogP) is 3.23. The average Bonchev–Trinajstić information content (AvgIpc) is 2.90. The molecule has 0 aliphatic rings. The van der Waals surface area contributed by atoms with Crippen molar-refractivity contribution in [1.29, 1.82) is 0 Å². The molecule has 0 saturated carbocycles. The van der Waals surface area contributed by atoms with E-state index in [0.717, 1.165) is 16.8 Å². The molecule has 2 rings (SSSR count). The lowest BCUT2D eigenvalue weighted by atomic mass is 9.92. The van der Waals surface area contributed by atoms with E-state index in [1.807, 2.05) is 27.7 Å². The van der Waals surface area contributed by atoms with Gasteiger partial charge in [0.1, 0.15) is 5.76 Å². The van der Waals surface area contributed by atoms with Crippen LogP contribution < -0.4 is 5.32 Å². The lowest BCUT2D eigenvalue weighted by Gasteiger charge is -2.26. The number of aryl methyl sites for hydroxylation is 3. The maximum Gasteiger partial charge on any atom is 0.229 e. The number of carbonyl (C=O) groups is 1. The van der Waals surface area contributed by atoms with E-state index < -0.39 is 5.54 Å². The number of hydrogen-bond acceptors (Lipinski definition) is 5. The quantitative estimate of drug-likeness (QED) is 0.912. The fraction of sp³-hybridized carbons (Fsp3) is 0.533. The first-order valence-electron chi connectivity index (χ1n) is 7.07. The number of nitrogens with zero attached hydrogens (tertiary/aromatic N) is 2. The van der Waals surface area contributed by atoms with Crippen molar-refractivity contribution < 1.29 is 13.8 Å². The van der Waals surface area contributed by atoms with E-state index in [9.17, 15) is 4.79 Å². The van der Waals surface area contributed by atoms with E-state index >= 15 is 0 Å². The van der Waals surface area contributed by atoms with Gasteiger partial charge in [0.05, 0.1) is 16.9 Å². The summed E-state index contributed by atoms with van der Waals surface area (Å²) in [4.78, 5) is 12.2. The molecule has 0 bridgehead atoms. The number of aromatic nitrogens is 2. The lowest BCUT2D eigenvalue weighted by molar-refractivity contribution is -0.122. The van der Waals surface area contributed by atoms with E-state index in [0.29, 0.717) is 24.3 Å². The summed E-state index contributed by atoms with van der Waals surface area (Å²) in [7, 11) is 0. The summed E-state index contributed by atoms with van der Waals surface area (Å²) in [5.74, 6) is 0.627. The van der Waals surface area contributed by atoms with Gasteiger partial charge in [-0.3, -0.25) is 4.79 Å². The second-order valence-electron chi connectivity index (χ2n) is 5.89. The van der Waals surface area contributed by atoms with Crippen molar-refractivity contribution in [1.82, 2.24) is 15.6 Å². The van der Waals surface area contributed by atoms with Gasteiger partial charge in [-0.1, -0.05) is 10.3 Å². The summed E-state index contributed by atoms with van der Waals surface area (Å²) in [6, 6.07) is 0. The van der Waals surface area contributed by atoms with E-state index in [1.54, 1.807) is 6.92 Å². The highest BCUT2D eigenvalue weighted by molar-refractivity contribution is 6.29. The molecule has 6 nitrogen and oxygen atoms in total. The Morgan fingerprint density at radius 3 is 2.32 bits per heavy atom. The molecular weight excluding hydrogens is 306 g/mol. The first kappa shape index (κ1) is 16.5. The van der Waals surface area contributed by atoms with Gasteiger partial charge in [-0.25, -0.2) is 0 Å². The number of hydrogen-bond donors (Lipinski definition) is 1. The molecule has 0 saturated heterocycles. The Bertz CT molecular complexity index is 649. The van der Waals surface area contributed by atoms with Crippen LogP contribution in [0.5, 0.6) is 0 Å². The van der Waals surface area contributed by atoms with Crippen LogP contribution in [0.3, 0.4) is 0 Å². The third-order valence-corrected chi connectivity index (χ3v) is 3.95. The Kier molecular flexibility index (Phi) is 4.60. The molecule has 120 valence electrons. The van der Waals surface area contributed by atoms with Gasteiger partial charge < -0.3 is 14.4 Å². The third-order valence-electron chi connectivity index (χ3n) is 3.65. The minimum atomic E-state index is -0.557. The number of amides is 1. The van der Waals surface area contributed by atoms with Crippen LogP contribution in [0.2, 0.25) is 5.22 Å². The van der Waals surface area contributed by atoms with Crippen molar-refractivity contribution in [3.63, 3.8) is 0 Å². The van der Waals surface area contributed by atoms with Gasteiger partial charge in [-0.05, 0) is 52.6 Å². The smallest absolute Gasteiger partial charge is 0.229 e. The summed E-state index contributed by atoms with van der Waals surface area (Å²) >= 11 is 5.90. The maximum absolute atomic E-state index is 12.2. The highest BCUT2D eigenvalue weighted by Gasteiger charge is 2.29. The highest BCUT2D eigenvalue weighted by Crippen LogP contribution is 2.27. The van der Waals surface area contributed by atoms with Crippen LogP contribution in [0.4, 0.5) is 0 Å². The summed E-state index contributed by atoms with van der Waals surface area (Å²) < 4.78 is 10.1. The number of rotatable bonds is 5. The number of halogens is 1. The molecule has 7 heteroatoms. The molecule has 1 N–H and O–H groups in total. The molecule has 22 heavy (non-hydrogen) atoms. The summed E-state index contributed by atoms with van der Waals surface area (Å²) in [5, 5.41) is 11.0. The topological polar surface area (TPSA) is 81.2 Å². The normalized spacial score (nSPS) is 11.7. The van der Waals surface area contributed by atoms with Crippen LogP contribution in [-0.4, -0.2) is 16.2 Å². The molecule has 0 aliphatic carbocycles. The minimum Gasteiger partial charge on any atom is -0.361 e. The van der Waals surface area contributed by atoms with E-state index in [-0.39, 0.29) is 11.1 Å². The molecule has 0 spiro atoms.